The smallest absolute Gasteiger partial charge is 0.135 e. The third-order valence-electron chi connectivity index (χ3n) is 6.08. The van der Waals surface area contributed by atoms with Crippen LogP contribution in [-0.4, -0.2) is 41.0 Å². The van der Waals surface area contributed by atoms with Gasteiger partial charge in [0, 0.05) is 49.4 Å². The second-order valence-corrected chi connectivity index (χ2v) is 7.97. The molecule has 154 valence electrons. The van der Waals surface area contributed by atoms with Crippen molar-refractivity contribution in [3.63, 3.8) is 0 Å². The number of hydrogen-bond donors (Lipinski definition) is 0. The number of anilines is 1. The zero-order valence-electron chi connectivity index (χ0n) is 18.3. The van der Waals surface area contributed by atoms with Crippen molar-refractivity contribution < 1.29 is 0 Å². The Labute approximate surface area is 179 Å². The number of benzene rings is 2. The molecule has 0 radical (unpaired) electrons. The summed E-state index contributed by atoms with van der Waals surface area (Å²) in [6, 6.07) is 13.1. The Morgan fingerprint density at radius 3 is 2.53 bits per heavy atom. The van der Waals surface area contributed by atoms with E-state index in [0.717, 1.165) is 66.8 Å². The van der Waals surface area contributed by atoms with Gasteiger partial charge in [-0.1, -0.05) is 50.4 Å². The summed E-state index contributed by atoms with van der Waals surface area (Å²) < 4.78 is 0. The van der Waals surface area contributed by atoms with Crippen molar-refractivity contribution in [2.75, 3.05) is 31.1 Å². The maximum absolute atomic E-state index is 4.93. The highest BCUT2D eigenvalue weighted by atomic mass is 15.3. The second-order valence-electron chi connectivity index (χ2n) is 7.97. The summed E-state index contributed by atoms with van der Waals surface area (Å²) in [5.74, 6) is 1.96. The minimum absolute atomic E-state index is 0.820. The molecule has 1 aliphatic rings. The van der Waals surface area contributed by atoms with Crippen LogP contribution in [0.4, 0.5) is 5.82 Å². The Morgan fingerprint density at radius 1 is 1.07 bits per heavy atom. The number of piperazine rings is 1. The molecule has 0 amide bonds. The van der Waals surface area contributed by atoms with Crippen LogP contribution in [0.5, 0.6) is 0 Å². The predicted octanol–water partition coefficient (Wildman–Crippen LogP) is 5.30. The first-order chi connectivity index (χ1) is 14.5. The van der Waals surface area contributed by atoms with E-state index in [2.05, 4.69) is 80.1 Å². The van der Waals surface area contributed by atoms with Crippen molar-refractivity contribution in [1.82, 2.24) is 14.9 Å². The molecule has 30 heavy (non-hydrogen) atoms. The lowest BCUT2D eigenvalue weighted by Gasteiger charge is -2.37. The summed E-state index contributed by atoms with van der Waals surface area (Å²) in [6.07, 6.45) is 2.65. The van der Waals surface area contributed by atoms with E-state index in [1.807, 2.05) is 6.08 Å². The third kappa shape index (κ3) is 3.70. The van der Waals surface area contributed by atoms with Gasteiger partial charge >= 0.3 is 0 Å². The highest BCUT2D eigenvalue weighted by molar-refractivity contribution is 5.90. The van der Waals surface area contributed by atoms with Crippen LogP contribution in [-0.2, 0) is 6.42 Å². The molecule has 0 aliphatic carbocycles. The summed E-state index contributed by atoms with van der Waals surface area (Å²) in [7, 11) is 0. The molecule has 1 saturated heterocycles. The zero-order chi connectivity index (χ0) is 21.3. The number of nitrogens with zero attached hydrogens (tertiary/aromatic N) is 4. The van der Waals surface area contributed by atoms with Crippen LogP contribution >= 0.6 is 0 Å². The number of aryl methyl sites for hydroxylation is 2. The lowest BCUT2D eigenvalue weighted by Crippen LogP contribution is -2.46. The van der Waals surface area contributed by atoms with E-state index in [0.29, 0.717) is 0 Å². The van der Waals surface area contributed by atoms with E-state index in [9.17, 15) is 0 Å². The van der Waals surface area contributed by atoms with E-state index in [1.165, 1.54) is 16.3 Å². The first-order valence-electron chi connectivity index (χ1n) is 10.7. The topological polar surface area (TPSA) is 32.3 Å². The van der Waals surface area contributed by atoms with E-state index in [-0.39, 0.29) is 0 Å². The summed E-state index contributed by atoms with van der Waals surface area (Å²) in [5, 5.41) is 2.55. The van der Waals surface area contributed by atoms with Crippen LogP contribution in [0.3, 0.4) is 0 Å². The zero-order valence-corrected chi connectivity index (χ0v) is 18.3. The number of fused-ring (bicyclic) bond motifs is 1. The molecule has 3 aromatic rings. The lowest BCUT2D eigenvalue weighted by molar-refractivity contribution is 0.330. The van der Waals surface area contributed by atoms with E-state index >= 15 is 0 Å². The van der Waals surface area contributed by atoms with Crippen LogP contribution in [0.25, 0.3) is 22.0 Å². The molecule has 0 spiro atoms. The summed E-state index contributed by atoms with van der Waals surface area (Å²) in [4.78, 5) is 14.5. The number of aromatic nitrogens is 2. The van der Waals surface area contributed by atoms with Crippen molar-refractivity contribution in [3.05, 3.63) is 78.3 Å². The van der Waals surface area contributed by atoms with Gasteiger partial charge in [-0.2, -0.15) is 0 Å². The van der Waals surface area contributed by atoms with Crippen molar-refractivity contribution in [3.8, 4) is 11.3 Å². The van der Waals surface area contributed by atoms with Crippen molar-refractivity contribution >= 4 is 16.6 Å². The van der Waals surface area contributed by atoms with Crippen LogP contribution in [0, 0.1) is 13.8 Å². The highest BCUT2D eigenvalue weighted by Gasteiger charge is 2.22. The first kappa shape index (κ1) is 20.1. The summed E-state index contributed by atoms with van der Waals surface area (Å²) in [5.41, 5.74) is 5.63. The first-order valence-corrected chi connectivity index (χ1v) is 10.7. The van der Waals surface area contributed by atoms with Gasteiger partial charge in [0.05, 0.1) is 5.69 Å². The molecule has 4 rings (SSSR count). The van der Waals surface area contributed by atoms with Gasteiger partial charge in [0.2, 0.25) is 0 Å². The molecule has 4 nitrogen and oxygen atoms in total. The Kier molecular flexibility index (Phi) is 5.58. The van der Waals surface area contributed by atoms with Gasteiger partial charge in [-0.05, 0) is 42.3 Å². The van der Waals surface area contributed by atoms with Crippen LogP contribution in [0.2, 0.25) is 0 Å². The number of rotatable bonds is 5. The maximum atomic E-state index is 4.93. The normalized spacial score (nSPS) is 14.2. The predicted molar refractivity (Wildman–Crippen MR) is 127 cm³/mol. The maximum Gasteiger partial charge on any atom is 0.135 e. The van der Waals surface area contributed by atoms with Crippen molar-refractivity contribution in [1.29, 1.82) is 0 Å². The fraction of sp³-hybridized carbons (Fsp3) is 0.308. The molecular weight excluding hydrogens is 368 g/mol. The molecule has 1 aromatic heterocycles. The van der Waals surface area contributed by atoms with E-state index in [1.54, 1.807) is 0 Å². The molecule has 0 bridgehead atoms. The Balaban J connectivity index is 1.73. The summed E-state index contributed by atoms with van der Waals surface area (Å²) in [6.45, 7) is 18.1. The standard InChI is InChI=1S/C26H30N4/c1-6-19(4)29-13-15-30(16-14-29)26-20(5)25(27-24(7-2)28-26)22-12-11-21-10-8-9-18(3)23(21)17-22/h6,8-12,17H,1,4,7,13-16H2,2-3,5H3. The van der Waals surface area contributed by atoms with Gasteiger partial charge in [-0.3, -0.25) is 0 Å². The molecule has 4 heteroatoms. The quantitative estimate of drug-likeness (QED) is 0.546. The fourth-order valence-corrected chi connectivity index (χ4v) is 4.21. The lowest BCUT2D eigenvalue weighted by atomic mass is 9.99. The number of hydrogen-bond acceptors (Lipinski definition) is 4. The molecule has 2 aromatic carbocycles. The molecule has 0 saturated carbocycles. The monoisotopic (exact) mass is 398 g/mol. The Bertz CT molecular complexity index is 1110. The minimum Gasteiger partial charge on any atom is -0.368 e. The van der Waals surface area contributed by atoms with Crippen LogP contribution in [0.1, 0.15) is 23.9 Å². The van der Waals surface area contributed by atoms with Gasteiger partial charge in [0.15, 0.2) is 0 Å². The molecular formula is C26H30N4. The molecule has 0 unspecified atom stereocenters. The average Bonchev–Trinajstić information content (AvgIpc) is 2.79. The van der Waals surface area contributed by atoms with E-state index < -0.39 is 0 Å². The second kappa shape index (κ2) is 8.31. The largest absolute Gasteiger partial charge is 0.368 e. The van der Waals surface area contributed by atoms with Gasteiger partial charge in [-0.25, -0.2) is 9.97 Å². The van der Waals surface area contributed by atoms with Crippen molar-refractivity contribution in [2.45, 2.75) is 27.2 Å². The molecule has 2 heterocycles. The molecule has 0 N–H and O–H groups in total. The van der Waals surface area contributed by atoms with Gasteiger partial charge < -0.3 is 9.80 Å². The van der Waals surface area contributed by atoms with Crippen LogP contribution < -0.4 is 4.90 Å². The minimum atomic E-state index is 0.820. The van der Waals surface area contributed by atoms with Gasteiger partial charge in [-0.15, -0.1) is 0 Å². The Morgan fingerprint density at radius 2 is 1.83 bits per heavy atom. The summed E-state index contributed by atoms with van der Waals surface area (Å²) >= 11 is 0. The van der Waals surface area contributed by atoms with Gasteiger partial charge in [0.1, 0.15) is 11.6 Å². The average molecular weight is 399 g/mol. The third-order valence-corrected chi connectivity index (χ3v) is 6.08. The van der Waals surface area contributed by atoms with Crippen LogP contribution in [0.15, 0.2) is 61.3 Å². The number of allylic oxidation sites excluding steroid dienone is 1. The molecule has 1 fully saturated rings. The van der Waals surface area contributed by atoms with Crippen molar-refractivity contribution in [2.24, 2.45) is 0 Å². The SMILES string of the molecule is C=CC(=C)N1CCN(c2nc(CC)nc(-c3ccc4cccc(C)c4c3)c2C)CC1. The Hall–Kier alpha value is -3.14. The van der Waals surface area contributed by atoms with Gasteiger partial charge in [0.25, 0.3) is 0 Å². The fourth-order valence-electron chi connectivity index (χ4n) is 4.21. The molecule has 1 aliphatic heterocycles. The highest BCUT2D eigenvalue weighted by Crippen LogP contribution is 2.31. The molecule has 0 atom stereocenters. The van der Waals surface area contributed by atoms with E-state index in [4.69, 9.17) is 9.97 Å².